The second kappa shape index (κ2) is 13.8. The first kappa shape index (κ1) is 31.5. The van der Waals surface area contributed by atoms with Crippen LogP contribution in [0.25, 0.3) is 11.8 Å². The predicted molar refractivity (Wildman–Crippen MR) is 178 cm³/mol. The second-order valence-corrected chi connectivity index (χ2v) is 12.5. The highest BCUT2D eigenvalue weighted by Gasteiger charge is 2.35. The van der Waals surface area contributed by atoms with Crippen molar-refractivity contribution in [3.63, 3.8) is 0 Å². The van der Waals surface area contributed by atoms with Crippen LogP contribution < -0.4 is 24.4 Å². The van der Waals surface area contributed by atoms with E-state index in [4.69, 9.17) is 24.3 Å². The third-order valence-corrected chi connectivity index (χ3v) is 9.22. The summed E-state index contributed by atoms with van der Waals surface area (Å²) >= 11 is 4.85. The number of aromatic nitrogens is 1. The van der Waals surface area contributed by atoms with Gasteiger partial charge in [0, 0.05) is 10.5 Å². The standard InChI is InChI=1S/C32H27IN2O7S2/c1-4-41-31(39)26-27(19-8-6-5-7-9-19)34-32-35(28(26)20-10-12-21(43-3)13-11-20)30(38)24(44-32)16-18-14-22(33)29(23(15-18)40-2)42-17-25(36)37/h5-16,28H,4,17H2,1-3H3,(H,36,37)/b24-16-/t28-/m0/s1. The van der Waals surface area contributed by atoms with Gasteiger partial charge in [0.25, 0.3) is 5.56 Å². The molecular weight excluding hydrogens is 715 g/mol. The summed E-state index contributed by atoms with van der Waals surface area (Å²) in [5, 5.41) is 9.04. The molecule has 4 aromatic rings. The van der Waals surface area contributed by atoms with Gasteiger partial charge >= 0.3 is 11.9 Å². The Morgan fingerprint density at radius 2 is 1.86 bits per heavy atom. The number of carbonyl (C=O) groups excluding carboxylic acids is 1. The quantitative estimate of drug-likeness (QED) is 0.141. The lowest BCUT2D eigenvalue weighted by atomic mass is 9.93. The number of benzene rings is 3. The molecule has 0 aliphatic carbocycles. The first-order chi connectivity index (χ1) is 21.2. The highest BCUT2D eigenvalue weighted by atomic mass is 127. The van der Waals surface area contributed by atoms with E-state index in [-0.39, 0.29) is 17.7 Å². The molecule has 0 unspecified atom stereocenters. The van der Waals surface area contributed by atoms with E-state index in [1.807, 2.05) is 83.4 Å². The van der Waals surface area contributed by atoms with Gasteiger partial charge in [0.15, 0.2) is 22.9 Å². The van der Waals surface area contributed by atoms with Gasteiger partial charge < -0.3 is 19.3 Å². The van der Waals surface area contributed by atoms with Gasteiger partial charge in [-0.3, -0.25) is 9.36 Å². The Hall–Kier alpha value is -3.88. The normalized spacial score (nSPS) is 14.5. The van der Waals surface area contributed by atoms with Crippen molar-refractivity contribution in [3.8, 4) is 11.5 Å². The Morgan fingerprint density at radius 1 is 1.14 bits per heavy atom. The van der Waals surface area contributed by atoms with Crippen molar-refractivity contribution in [3.05, 3.63) is 112 Å². The van der Waals surface area contributed by atoms with Crippen molar-refractivity contribution >= 4 is 69.4 Å². The van der Waals surface area contributed by atoms with E-state index in [9.17, 15) is 14.4 Å². The fourth-order valence-electron chi connectivity index (χ4n) is 4.79. The van der Waals surface area contributed by atoms with Gasteiger partial charge in [0.05, 0.1) is 39.1 Å². The smallest absolute Gasteiger partial charge is 0.341 e. The average Bonchev–Trinajstić information content (AvgIpc) is 3.33. The first-order valence-corrected chi connectivity index (χ1v) is 16.5. The van der Waals surface area contributed by atoms with Gasteiger partial charge in [0.1, 0.15) is 0 Å². The summed E-state index contributed by atoms with van der Waals surface area (Å²) in [6.45, 7) is 1.39. The minimum absolute atomic E-state index is 0.166. The highest BCUT2D eigenvalue weighted by molar-refractivity contribution is 14.1. The minimum Gasteiger partial charge on any atom is -0.493 e. The number of thioether (sulfide) groups is 1. The zero-order valence-electron chi connectivity index (χ0n) is 23.9. The van der Waals surface area contributed by atoms with E-state index in [0.29, 0.717) is 35.7 Å². The van der Waals surface area contributed by atoms with Gasteiger partial charge in [-0.1, -0.05) is 53.8 Å². The summed E-state index contributed by atoms with van der Waals surface area (Å²) in [5.74, 6) is -1.02. The summed E-state index contributed by atoms with van der Waals surface area (Å²) in [4.78, 5) is 45.2. The SMILES string of the molecule is CCOC(=O)C1=C(c2ccccc2)N=c2s/c(=C\c3cc(I)c(OCC(=O)O)c(OC)c3)c(=O)n2[C@H]1c1ccc(SC)cc1. The number of halogens is 1. The molecule has 0 fully saturated rings. The number of methoxy groups -OCH3 is 1. The van der Waals surface area contributed by atoms with Crippen LogP contribution in [-0.4, -0.2) is 48.2 Å². The molecule has 0 bridgehead atoms. The summed E-state index contributed by atoms with van der Waals surface area (Å²) in [7, 11) is 1.46. The topological polar surface area (TPSA) is 116 Å². The van der Waals surface area contributed by atoms with Crippen LogP contribution in [0.2, 0.25) is 0 Å². The molecule has 1 aromatic heterocycles. The third kappa shape index (κ3) is 6.47. The number of hydrogen-bond acceptors (Lipinski definition) is 9. The summed E-state index contributed by atoms with van der Waals surface area (Å²) in [5.41, 5.74) is 2.54. The van der Waals surface area contributed by atoms with E-state index in [1.54, 1.807) is 41.5 Å². The Balaban J connectivity index is 1.75. The van der Waals surface area contributed by atoms with E-state index >= 15 is 0 Å². The molecule has 44 heavy (non-hydrogen) atoms. The molecule has 226 valence electrons. The molecule has 0 amide bonds. The van der Waals surface area contributed by atoms with Gasteiger partial charge in [-0.25, -0.2) is 14.6 Å². The van der Waals surface area contributed by atoms with Crippen molar-refractivity contribution in [2.75, 3.05) is 26.6 Å². The van der Waals surface area contributed by atoms with Crippen molar-refractivity contribution in [2.45, 2.75) is 17.9 Å². The Bertz CT molecular complexity index is 1930. The average molecular weight is 743 g/mol. The van der Waals surface area contributed by atoms with Crippen molar-refractivity contribution in [2.24, 2.45) is 4.99 Å². The number of carboxylic acids is 1. The molecule has 2 heterocycles. The van der Waals surface area contributed by atoms with Gasteiger partial charge in [0.2, 0.25) is 0 Å². The van der Waals surface area contributed by atoms with E-state index < -0.39 is 24.6 Å². The lowest BCUT2D eigenvalue weighted by Crippen LogP contribution is -2.40. The van der Waals surface area contributed by atoms with E-state index in [0.717, 1.165) is 16.0 Å². The largest absolute Gasteiger partial charge is 0.493 e. The molecule has 5 rings (SSSR count). The number of nitrogens with zero attached hydrogens (tertiary/aromatic N) is 2. The molecule has 3 aromatic carbocycles. The zero-order valence-corrected chi connectivity index (χ0v) is 27.7. The maximum absolute atomic E-state index is 14.2. The second-order valence-electron chi connectivity index (χ2n) is 9.42. The van der Waals surface area contributed by atoms with Crippen LogP contribution in [0.1, 0.15) is 29.7 Å². The van der Waals surface area contributed by atoms with Crippen LogP contribution in [0.15, 0.2) is 87.0 Å². The minimum atomic E-state index is -1.11. The summed E-state index contributed by atoms with van der Waals surface area (Å²) < 4.78 is 19.0. The molecule has 12 heteroatoms. The van der Waals surface area contributed by atoms with E-state index in [1.165, 1.54) is 18.4 Å². The Labute approximate surface area is 274 Å². The van der Waals surface area contributed by atoms with Crippen LogP contribution in [-0.2, 0) is 14.3 Å². The predicted octanol–water partition coefficient (Wildman–Crippen LogP) is 4.73. The van der Waals surface area contributed by atoms with Crippen LogP contribution >= 0.6 is 45.7 Å². The number of carboxylic acid groups (broad SMARTS) is 1. The van der Waals surface area contributed by atoms with Crippen LogP contribution in [0.4, 0.5) is 0 Å². The van der Waals surface area contributed by atoms with Crippen molar-refractivity contribution in [1.82, 2.24) is 4.57 Å². The number of hydrogen-bond donors (Lipinski definition) is 1. The maximum Gasteiger partial charge on any atom is 0.341 e. The molecule has 0 radical (unpaired) electrons. The molecular formula is C32H27IN2O7S2. The van der Waals surface area contributed by atoms with Crippen molar-refractivity contribution < 1.29 is 28.9 Å². The zero-order chi connectivity index (χ0) is 31.4. The number of carbonyl (C=O) groups is 2. The molecule has 0 spiro atoms. The Kier molecular flexibility index (Phi) is 9.91. The number of ether oxygens (including phenoxy) is 3. The molecule has 9 nitrogen and oxygen atoms in total. The molecule has 1 aliphatic rings. The van der Waals surface area contributed by atoms with Crippen LogP contribution in [0.5, 0.6) is 11.5 Å². The number of esters is 1. The number of rotatable bonds is 10. The number of fused-ring (bicyclic) bond motifs is 1. The Morgan fingerprint density at radius 3 is 2.50 bits per heavy atom. The molecule has 1 aliphatic heterocycles. The number of aliphatic carboxylic acids is 1. The monoisotopic (exact) mass is 742 g/mol. The fourth-order valence-corrected chi connectivity index (χ4v) is 6.98. The van der Waals surface area contributed by atoms with Crippen LogP contribution in [0.3, 0.4) is 0 Å². The lowest BCUT2D eigenvalue weighted by molar-refractivity contribution is -0.140. The van der Waals surface area contributed by atoms with Gasteiger partial charge in [-0.15, -0.1) is 11.8 Å². The fraction of sp³-hybridized carbons (Fsp3) is 0.188. The van der Waals surface area contributed by atoms with Crippen molar-refractivity contribution in [1.29, 1.82) is 0 Å². The molecule has 0 saturated heterocycles. The number of thiazole rings is 1. The molecule has 1 atom stereocenters. The molecule has 0 saturated carbocycles. The van der Waals surface area contributed by atoms with E-state index in [2.05, 4.69) is 0 Å². The summed E-state index contributed by atoms with van der Waals surface area (Å²) in [6.07, 6.45) is 3.70. The highest BCUT2D eigenvalue weighted by Crippen LogP contribution is 2.36. The maximum atomic E-state index is 14.2. The summed E-state index contributed by atoms with van der Waals surface area (Å²) in [6, 6.07) is 19.8. The molecule has 1 N–H and O–H groups in total. The lowest BCUT2D eigenvalue weighted by Gasteiger charge is -2.26. The third-order valence-electron chi connectivity index (χ3n) is 6.69. The van der Waals surface area contributed by atoms with Gasteiger partial charge in [-0.2, -0.15) is 0 Å². The van der Waals surface area contributed by atoms with Crippen LogP contribution in [0, 0.1) is 3.57 Å². The first-order valence-electron chi connectivity index (χ1n) is 13.4. The van der Waals surface area contributed by atoms with Gasteiger partial charge in [-0.05, 0) is 77.2 Å².